The van der Waals surface area contributed by atoms with Crippen LogP contribution in [-0.2, 0) is 6.42 Å². The number of aryl methyl sites for hydroxylation is 1. The van der Waals surface area contributed by atoms with Crippen LogP contribution >= 0.6 is 23.2 Å². The van der Waals surface area contributed by atoms with Gasteiger partial charge in [0.2, 0.25) is 0 Å². The van der Waals surface area contributed by atoms with Gasteiger partial charge in [-0.25, -0.2) is 0 Å². The van der Waals surface area contributed by atoms with Gasteiger partial charge in [-0.15, -0.1) is 0 Å². The molecule has 2 aromatic rings. The van der Waals surface area contributed by atoms with Crippen molar-refractivity contribution in [1.29, 1.82) is 0 Å². The van der Waals surface area contributed by atoms with E-state index in [9.17, 15) is 5.11 Å². The summed E-state index contributed by atoms with van der Waals surface area (Å²) in [5.74, 6) is 1.29. The van der Waals surface area contributed by atoms with Crippen molar-refractivity contribution in [3.63, 3.8) is 0 Å². The van der Waals surface area contributed by atoms with Crippen molar-refractivity contribution in [3.8, 4) is 0 Å². The Morgan fingerprint density at radius 2 is 1.82 bits per heavy atom. The normalized spacial score (nSPS) is 12.7. The van der Waals surface area contributed by atoms with E-state index in [4.69, 9.17) is 27.6 Å². The quantitative estimate of drug-likeness (QED) is 0.908. The summed E-state index contributed by atoms with van der Waals surface area (Å²) in [5, 5.41) is 11.1. The molecule has 0 aliphatic carbocycles. The maximum absolute atomic E-state index is 10.0. The molecule has 0 radical (unpaired) electrons. The Hall–Kier alpha value is -0.960. The van der Waals surface area contributed by atoms with Gasteiger partial charge in [0.25, 0.3) is 0 Å². The second kappa shape index (κ2) is 5.13. The van der Waals surface area contributed by atoms with Gasteiger partial charge in [-0.2, -0.15) is 0 Å². The zero-order chi connectivity index (χ0) is 12.4. The molecule has 1 unspecified atom stereocenters. The van der Waals surface area contributed by atoms with Crippen molar-refractivity contribution < 1.29 is 9.52 Å². The fraction of sp³-hybridized carbons (Fsp3) is 0.231. The molecule has 0 aliphatic rings. The van der Waals surface area contributed by atoms with Gasteiger partial charge >= 0.3 is 0 Å². The van der Waals surface area contributed by atoms with Gasteiger partial charge < -0.3 is 9.52 Å². The third-order valence-electron chi connectivity index (χ3n) is 2.55. The highest BCUT2D eigenvalue weighted by atomic mass is 35.5. The van der Waals surface area contributed by atoms with Gasteiger partial charge in [0.05, 0.1) is 0 Å². The molecule has 2 nitrogen and oxygen atoms in total. The Kier molecular flexibility index (Phi) is 3.77. The average molecular weight is 271 g/mol. The van der Waals surface area contributed by atoms with E-state index in [-0.39, 0.29) is 0 Å². The van der Waals surface area contributed by atoms with E-state index in [1.807, 2.05) is 13.0 Å². The lowest BCUT2D eigenvalue weighted by atomic mass is 10.1. The van der Waals surface area contributed by atoms with Gasteiger partial charge in [-0.05, 0) is 36.8 Å². The number of furan rings is 1. The van der Waals surface area contributed by atoms with Crippen LogP contribution in [0.5, 0.6) is 0 Å². The molecule has 1 aromatic heterocycles. The van der Waals surface area contributed by atoms with Crippen molar-refractivity contribution >= 4 is 23.2 Å². The van der Waals surface area contributed by atoms with Crippen LogP contribution in [0.15, 0.2) is 34.7 Å². The molecule has 90 valence electrons. The molecule has 0 saturated heterocycles. The molecule has 0 bridgehead atoms. The van der Waals surface area contributed by atoms with Crippen molar-refractivity contribution in [1.82, 2.24) is 0 Å². The van der Waals surface area contributed by atoms with Gasteiger partial charge in [-0.1, -0.05) is 29.3 Å². The third-order valence-corrected chi connectivity index (χ3v) is 3.26. The molecular formula is C13H12Cl2O2. The van der Waals surface area contributed by atoms with Gasteiger partial charge in [0.15, 0.2) is 0 Å². The average Bonchev–Trinajstić information content (AvgIpc) is 2.70. The fourth-order valence-corrected chi connectivity index (χ4v) is 2.21. The number of aliphatic hydroxyl groups is 1. The minimum atomic E-state index is -0.735. The molecule has 0 saturated carbocycles. The fourth-order valence-electron chi connectivity index (χ4n) is 1.65. The first kappa shape index (κ1) is 12.5. The molecule has 17 heavy (non-hydrogen) atoms. The molecule has 0 amide bonds. The van der Waals surface area contributed by atoms with Crippen molar-refractivity contribution in [2.75, 3.05) is 0 Å². The highest BCUT2D eigenvalue weighted by molar-refractivity contribution is 6.35. The second-order valence-electron chi connectivity index (χ2n) is 3.87. The molecule has 2 rings (SSSR count). The molecule has 1 atom stereocenters. The van der Waals surface area contributed by atoms with Crippen molar-refractivity contribution in [3.05, 3.63) is 57.5 Å². The smallest absolute Gasteiger partial charge is 0.132 e. The predicted octanol–water partition coefficient (Wildman–Crippen LogP) is 4.17. The minimum Gasteiger partial charge on any atom is -0.464 e. The molecule has 0 aliphatic heterocycles. The number of rotatable bonds is 3. The Bertz CT molecular complexity index is 500. The van der Waals surface area contributed by atoms with Crippen LogP contribution in [0.2, 0.25) is 10.0 Å². The largest absolute Gasteiger partial charge is 0.464 e. The van der Waals surface area contributed by atoms with Crippen LogP contribution < -0.4 is 0 Å². The van der Waals surface area contributed by atoms with Crippen LogP contribution in [0.1, 0.15) is 23.2 Å². The van der Waals surface area contributed by atoms with E-state index in [1.165, 1.54) is 0 Å². The minimum absolute atomic E-state index is 0.339. The summed E-state index contributed by atoms with van der Waals surface area (Å²) in [4.78, 5) is 0. The Balaban J connectivity index is 2.21. The Morgan fingerprint density at radius 1 is 1.18 bits per heavy atom. The van der Waals surface area contributed by atoms with E-state index in [2.05, 4.69) is 0 Å². The summed E-state index contributed by atoms with van der Waals surface area (Å²) in [5.41, 5.74) is 0.734. The van der Waals surface area contributed by atoms with Crippen LogP contribution in [0.3, 0.4) is 0 Å². The summed E-state index contributed by atoms with van der Waals surface area (Å²) >= 11 is 12.1. The van der Waals surface area contributed by atoms with Crippen molar-refractivity contribution in [2.45, 2.75) is 19.4 Å². The number of benzene rings is 1. The van der Waals surface area contributed by atoms with Crippen LogP contribution in [0.25, 0.3) is 0 Å². The SMILES string of the molecule is Cc1ccc(C(O)Cc2c(Cl)cccc2Cl)o1. The highest BCUT2D eigenvalue weighted by Gasteiger charge is 2.16. The van der Waals surface area contributed by atoms with Gasteiger partial charge in [0.1, 0.15) is 17.6 Å². The van der Waals surface area contributed by atoms with Crippen LogP contribution in [0.4, 0.5) is 0 Å². The van der Waals surface area contributed by atoms with Crippen LogP contribution in [-0.4, -0.2) is 5.11 Å². The molecule has 4 heteroatoms. The lowest BCUT2D eigenvalue weighted by Gasteiger charge is -2.11. The molecule has 0 spiro atoms. The predicted molar refractivity (Wildman–Crippen MR) is 68.6 cm³/mol. The third kappa shape index (κ3) is 2.83. The first-order valence-electron chi connectivity index (χ1n) is 5.25. The summed E-state index contributed by atoms with van der Waals surface area (Å²) in [6.07, 6.45) is -0.396. The number of halogens is 2. The van der Waals surface area contributed by atoms with Crippen molar-refractivity contribution in [2.24, 2.45) is 0 Å². The van der Waals surface area contributed by atoms with E-state index in [0.29, 0.717) is 22.2 Å². The monoisotopic (exact) mass is 270 g/mol. The summed E-state index contributed by atoms with van der Waals surface area (Å²) in [7, 11) is 0. The molecular weight excluding hydrogens is 259 g/mol. The standard InChI is InChI=1S/C13H12Cl2O2/c1-8-5-6-13(17-8)12(16)7-9-10(14)3-2-4-11(9)15/h2-6,12,16H,7H2,1H3. The molecule has 0 fully saturated rings. The number of hydrogen-bond acceptors (Lipinski definition) is 2. The lowest BCUT2D eigenvalue weighted by molar-refractivity contribution is 0.149. The van der Waals surface area contributed by atoms with Crippen LogP contribution in [0, 0.1) is 6.92 Å². The number of aliphatic hydroxyl groups excluding tert-OH is 1. The summed E-state index contributed by atoms with van der Waals surface area (Å²) in [6.45, 7) is 1.83. The zero-order valence-electron chi connectivity index (χ0n) is 9.28. The Labute approximate surface area is 110 Å². The topological polar surface area (TPSA) is 33.4 Å². The highest BCUT2D eigenvalue weighted by Crippen LogP contribution is 2.29. The molecule has 1 heterocycles. The first-order chi connectivity index (χ1) is 8.08. The van der Waals surface area contributed by atoms with E-state index >= 15 is 0 Å². The summed E-state index contributed by atoms with van der Waals surface area (Å²) in [6, 6.07) is 8.85. The second-order valence-corrected chi connectivity index (χ2v) is 4.68. The molecule has 1 N–H and O–H groups in total. The van der Waals surface area contributed by atoms with E-state index in [1.54, 1.807) is 24.3 Å². The Morgan fingerprint density at radius 3 is 2.35 bits per heavy atom. The van der Waals surface area contributed by atoms with Gasteiger partial charge in [0, 0.05) is 16.5 Å². The zero-order valence-corrected chi connectivity index (χ0v) is 10.8. The summed E-state index contributed by atoms with van der Waals surface area (Å²) < 4.78 is 5.36. The lowest BCUT2D eigenvalue weighted by Crippen LogP contribution is -2.01. The first-order valence-corrected chi connectivity index (χ1v) is 6.01. The van der Waals surface area contributed by atoms with E-state index < -0.39 is 6.10 Å². The maximum Gasteiger partial charge on any atom is 0.132 e. The van der Waals surface area contributed by atoms with E-state index in [0.717, 1.165) is 11.3 Å². The molecule has 1 aromatic carbocycles. The maximum atomic E-state index is 10.0. The van der Waals surface area contributed by atoms with Gasteiger partial charge in [-0.3, -0.25) is 0 Å². The number of hydrogen-bond donors (Lipinski definition) is 1.